The standard InChI is InChI=1S/C18H24N6/c1-10-7-19-18(20-11(10)2)24-8-14(12-3-4-12)15(9-24)17-21-16(22-23-17)13-5-6-13/h7,12-15H,3-6,8-9H2,1-2H3,(H,21,22,23)/t14-,15+/m1/s1. The number of nitrogens with zero attached hydrogens (tertiary/aromatic N) is 5. The number of aromatic nitrogens is 5. The van der Waals surface area contributed by atoms with Crippen molar-refractivity contribution in [2.75, 3.05) is 18.0 Å². The van der Waals surface area contributed by atoms with Crippen LogP contribution in [0.1, 0.15) is 60.4 Å². The summed E-state index contributed by atoms with van der Waals surface area (Å²) in [5.41, 5.74) is 2.22. The molecule has 6 heteroatoms. The molecule has 2 atom stereocenters. The third kappa shape index (κ3) is 2.48. The maximum atomic E-state index is 4.84. The number of nitrogens with one attached hydrogen (secondary N) is 1. The first-order chi connectivity index (χ1) is 11.7. The van der Waals surface area contributed by atoms with E-state index in [-0.39, 0.29) is 0 Å². The largest absolute Gasteiger partial charge is 0.340 e. The lowest BCUT2D eigenvalue weighted by Gasteiger charge is -2.16. The fourth-order valence-corrected chi connectivity index (χ4v) is 3.93. The summed E-state index contributed by atoms with van der Waals surface area (Å²) in [6, 6.07) is 0. The molecule has 0 spiro atoms. The fraction of sp³-hybridized carbons (Fsp3) is 0.667. The Morgan fingerprint density at radius 1 is 1.08 bits per heavy atom. The van der Waals surface area contributed by atoms with Crippen molar-refractivity contribution in [1.82, 2.24) is 25.1 Å². The van der Waals surface area contributed by atoms with E-state index in [1.54, 1.807) is 0 Å². The highest BCUT2D eigenvalue weighted by Gasteiger charge is 2.45. The Hall–Kier alpha value is -1.98. The molecule has 1 saturated heterocycles. The van der Waals surface area contributed by atoms with Crippen LogP contribution in [0.5, 0.6) is 0 Å². The zero-order valence-corrected chi connectivity index (χ0v) is 14.4. The summed E-state index contributed by atoms with van der Waals surface area (Å²) in [5.74, 6) is 5.50. The van der Waals surface area contributed by atoms with Crippen LogP contribution in [0.2, 0.25) is 0 Å². The van der Waals surface area contributed by atoms with Crippen LogP contribution in [0.4, 0.5) is 5.95 Å². The molecule has 1 aliphatic heterocycles. The Kier molecular flexibility index (Phi) is 3.15. The van der Waals surface area contributed by atoms with Crippen molar-refractivity contribution in [3.05, 3.63) is 29.1 Å². The van der Waals surface area contributed by atoms with Crippen molar-refractivity contribution in [2.24, 2.45) is 11.8 Å². The van der Waals surface area contributed by atoms with Gasteiger partial charge < -0.3 is 4.90 Å². The molecule has 6 nitrogen and oxygen atoms in total. The molecular formula is C18H24N6. The van der Waals surface area contributed by atoms with Gasteiger partial charge in [0.15, 0.2) is 5.82 Å². The van der Waals surface area contributed by atoms with Gasteiger partial charge in [0.25, 0.3) is 0 Å². The second kappa shape index (κ2) is 5.26. The van der Waals surface area contributed by atoms with Gasteiger partial charge in [0, 0.05) is 36.8 Å². The number of anilines is 1. The lowest BCUT2D eigenvalue weighted by atomic mass is 9.91. The van der Waals surface area contributed by atoms with Gasteiger partial charge in [-0.15, -0.1) is 0 Å². The van der Waals surface area contributed by atoms with Crippen molar-refractivity contribution in [3.63, 3.8) is 0 Å². The van der Waals surface area contributed by atoms with Gasteiger partial charge in [0.2, 0.25) is 5.95 Å². The molecule has 3 aliphatic rings. The maximum Gasteiger partial charge on any atom is 0.225 e. The van der Waals surface area contributed by atoms with Crippen LogP contribution in [0.25, 0.3) is 0 Å². The van der Waals surface area contributed by atoms with E-state index < -0.39 is 0 Å². The van der Waals surface area contributed by atoms with Crippen molar-refractivity contribution in [2.45, 2.75) is 51.4 Å². The second-order valence-corrected chi connectivity index (χ2v) is 7.80. The molecule has 0 unspecified atom stereocenters. The van der Waals surface area contributed by atoms with Crippen molar-refractivity contribution in [1.29, 1.82) is 0 Å². The summed E-state index contributed by atoms with van der Waals surface area (Å²) < 4.78 is 0. The quantitative estimate of drug-likeness (QED) is 0.936. The highest BCUT2D eigenvalue weighted by atomic mass is 15.3. The molecule has 1 N–H and O–H groups in total. The Morgan fingerprint density at radius 2 is 1.92 bits per heavy atom. The zero-order chi connectivity index (χ0) is 16.3. The van der Waals surface area contributed by atoms with Crippen LogP contribution in [0.3, 0.4) is 0 Å². The Bertz CT molecular complexity index is 761. The molecule has 3 fully saturated rings. The molecule has 2 aliphatic carbocycles. The van der Waals surface area contributed by atoms with Crippen LogP contribution < -0.4 is 4.90 Å². The average Bonchev–Trinajstić information content (AvgIpc) is 3.51. The van der Waals surface area contributed by atoms with Gasteiger partial charge in [0.1, 0.15) is 5.82 Å². The minimum atomic E-state index is 0.433. The summed E-state index contributed by atoms with van der Waals surface area (Å²) in [6.07, 6.45) is 7.14. The first kappa shape index (κ1) is 14.4. The molecule has 2 saturated carbocycles. The minimum absolute atomic E-state index is 0.433. The number of H-pyrrole nitrogens is 1. The van der Waals surface area contributed by atoms with Crippen LogP contribution >= 0.6 is 0 Å². The normalized spacial score (nSPS) is 27.0. The third-order valence-electron chi connectivity index (χ3n) is 5.90. The number of rotatable bonds is 4. The lowest BCUT2D eigenvalue weighted by Crippen LogP contribution is -2.23. The summed E-state index contributed by atoms with van der Waals surface area (Å²) in [5, 5.41) is 7.72. The predicted molar refractivity (Wildman–Crippen MR) is 91.0 cm³/mol. The first-order valence-electron chi connectivity index (χ1n) is 9.16. The Balaban J connectivity index is 1.42. The predicted octanol–water partition coefficient (Wildman–Crippen LogP) is 2.72. The van der Waals surface area contributed by atoms with E-state index in [4.69, 9.17) is 9.97 Å². The van der Waals surface area contributed by atoms with E-state index >= 15 is 0 Å². The molecule has 0 radical (unpaired) electrons. The summed E-state index contributed by atoms with van der Waals surface area (Å²) >= 11 is 0. The minimum Gasteiger partial charge on any atom is -0.340 e. The highest BCUT2D eigenvalue weighted by molar-refractivity contribution is 5.36. The van der Waals surface area contributed by atoms with Crippen LogP contribution in [0.15, 0.2) is 6.20 Å². The summed E-state index contributed by atoms with van der Waals surface area (Å²) in [7, 11) is 0. The number of aromatic amines is 1. The zero-order valence-electron chi connectivity index (χ0n) is 14.4. The van der Waals surface area contributed by atoms with Crippen LogP contribution in [-0.2, 0) is 0 Å². The van der Waals surface area contributed by atoms with Gasteiger partial charge in [-0.25, -0.2) is 15.0 Å². The maximum absolute atomic E-state index is 4.84. The third-order valence-corrected chi connectivity index (χ3v) is 5.90. The summed E-state index contributed by atoms with van der Waals surface area (Å²) in [6.45, 7) is 6.11. The topological polar surface area (TPSA) is 70.6 Å². The van der Waals surface area contributed by atoms with E-state index in [0.29, 0.717) is 17.8 Å². The van der Waals surface area contributed by atoms with Gasteiger partial charge in [-0.05, 0) is 56.9 Å². The SMILES string of the molecule is Cc1cnc(N2C[C@H](c3nc(C4CC4)n[nH]3)[C@@H](C3CC3)C2)nc1C. The smallest absolute Gasteiger partial charge is 0.225 e. The van der Waals surface area contributed by atoms with Gasteiger partial charge in [0.05, 0.1) is 0 Å². The van der Waals surface area contributed by atoms with Crippen molar-refractivity contribution < 1.29 is 0 Å². The van der Waals surface area contributed by atoms with Gasteiger partial charge in [-0.1, -0.05) is 0 Å². The molecule has 0 amide bonds. The van der Waals surface area contributed by atoms with Gasteiger partial charge in [-0.3, -0.25) is 5.10 Å². The lowest BCUT2D eigenvalue weighted by molar-refractivity contribution is 0.444. The van der Waals surface area contributed by atoms with Crippen LogP contribution in [-0.4, -0.2) is 38.2 Å². The highest BCUT2D eigenvalue weighted by Crippen LogP contribution is 2.48. The average molecular weight is 324 g/mol. The first-order valence-corrected chi connectivity index (χ1v) is 9.16. The summed E-state index contributed by atoms with van der Waals surface area (Å²) in [4.78, 5) is 16.5. The van der Waals surface area contributed by atoms with Crippen molar-refractivity contribution >= 4 is 5.95 Å². The fourth-order valence-electron chi connectivity index (χ4n) is 3.93. The van der Waals surface area contributed by atoms with E-state index in [1.807, 2.05) is 6.20 Å². The van der Waals surface area contributed by atoms with E-state index in [0.717, 1.165) is 47.9 Å². The Labute approximate surface area is 142 Å². The molecule has 126 valence electrons. The molecule has 0 bridgehead atoms. The van der Waals surface area contributed by atoms with Gasteiger partial charge >= 0.3 is 0 Å². The van der Waals surface area contributed by atoms with E-state index in [1.165, 1.54) is 25.7 Å². The second-order valence-electron chi connectivity index (χ2n) is 7.80. The number of aryl methyl sites for hydroxylation is 2. The molecule has 2 aromatic rings. The molecule has 3 heterocycles. The molecule has 5 rings (SSSR count). The van der Waals surface area contributed by atoms with Crippen LogP contribution in [0, 0.1) is 25.7 Å². The molecule has 2 aromatic heterocycles. The molecule has 0 aromatic carbocycles. The number of hydrogen-bond donors (Lipinski definition) is 1. The van der Waals surface area contributed by atoms with Gasteiger partial charge in [-0.2, -0.15) is 5.10 Å². The Morgan fingerprint density at radius 3 is 2.62 bits per heavy atom. The van der Waals surface area contributed by atoms with Crippen molar-refractivity contribution in [3.8, 4) is 0 Å². The molecular weight excluding hydrogens is 300 g/mol. The van der Waals surface area contributed by atoms with E-state index in [2.05, 4.69) is 33.9 Å². The number of hydrogen-bond acceptors (Lipinski definition) is 5. The molecule has 24 heavy (non-hydrogen) atoms. The monoisotopic (exact) mass is 324 g/mol. The van der Waals surface area contributed by atoms with E-state index in [9.17, 15) is 0 Å².